The van der Waals surface area contributed by atoms with Crippen LogP contribution in [0.5, 0.6) is 0 Å². The van der Waals surface area contributed by atoms with E-state index in [-0.39, 0.29) is 17.5 Å². The SMILES string of the molecule is CCCCCCSCCC(=O)OC(C)CC(C)(C)OC(=O)C1OOC1SCCCCCC. The third kappa shape index (κ3) is 13.3. The predicted molar refractivity (Wildman–Crippen MR) is 133 cm³/mol. The summed E-state index contributed by atoms with van der Waals surface area (Å²) < 4.78 is 11.2. The lowest BCUT2D eigenvalue weighted by Crippen LogP contribution is -2.49. The molecule has 0 spiro atoms. The zero-order valence-electron chi connectivity index (χ0n) is 20.7. The molecule has 1 fully saturated rings. The summed E-state index contributed by atoms with van der Waals surface area (Å²) in [5, 5.41) is 0. The van der Waals surface area contributed by atoms with Crippen molar-refractivity contribution in [1.29, 1.82) is 0 Å². The van der Waals surface area contributed by atoms with Crippen LogP contribution >= 0.6 is 23.5 Å². The van der Waals surface area contributed by atoms with E-state index < -0.39 is 17.7 Å². The van der Waals surface area contributed by atoms with Crippen molar-refractivity contribution in [1.82, 2.24) is 0 Å². The number of hydrogen-bond acceptors (Lipinski definition) is 8. The summed E-state index contributed by atoms with van der Waals surface area (Å²) >= 11 is 3.40. The molecule has 0 bridgehead atoms. The molecule has 0 aromatic carbocycles. The molecular formula is C24H44O6S2. The Morgan fingerprint density at radius 2 is 1.59 bits per heavy atom. The minimum Gasteiger partial charge on any atom is -0.462 e. The summed E-state index contributed by atoms with van der Waals surface area (Å²) in [4.78, 5) is 34.7. The highest BCUT2D eigenvalue weighted by Gasteiger charge is 2.44. The van der Waals surface area contributed by atoms with Crippen molar-refractivity contribution < 1.29 is 28.8 Å². The van der Waals surface area contributed by atoms with Gasteiger partial charge in [0.25, 0.3) is 0 Å². The third-order valence-electron chi connectivity index (χ3n) is 5.09. The van der Waals surface area contributed by atoms with Crippen molar-refractivity contribution in [2.75, 3.05) is 17.3 Å². The molecule has 1 rings (SSSR count). The van der Waals surface area contributed by atoms with Crippen LogP contribution in [-0.2, 0) is 28.8 Å². The van der Waals surface area contributed by atoms with Crippen LogP contribution in [-0.4, -0.2) is 52.4 Å². The number of unbranched alkanes of at least 4 members (excludes halogenated alkanes) is 6. The van der Waals surface area contributed by atoms with E-state index >= 15 is 0 Å². The lowest BCUT2D eigenvalue weighted by Gasteiger charge is -2.35. The molecule has 1 aliphatic rings. The van der Waals surface area contributed by atoms with Gasteiger partial charge in [-0.3, -0.25) is 4.79 Å². The van der Waals surface area contributed by atoms with Crippen LogP contribution in [0.25, 0.3) is 0 Å². The average molecular weight is 493 g/mol. The van der Waals surface area contributed by atoms with Crippen molar-refractivity contribution >= 4 is 35.5 Å². The standard InChI is InChI=1S/C24H44O6S2/c1-6-8-10-12-15-31-17-14-20(25)27-19(3)18-24(4,5)28-22(26)21-23(30-29-21)32-16-13-11-9-7-2/h19,21,23H,6-18H2,1-5H3. The minimum atomic E-state index is -0.764. The van der Waals surface area contributed by atoms with E-state index in [1.807, 2.05) is 20.8 Å². The summed E-state index contributed by atoms with van der Waals surface area (Å²) in [6.07, 6.45) is 9.50. The van der Waals surface area contributed by atoms with Crippen molar-refractivity contribution in [3.05, 3.63) is 0 Å². The first-order valence-electron chi connectivity index (χ1n) is 12.2. The van der Waals surface area contributed by atoms with Gasteiger partial charge in [0.05, 0.1) is 6.42 Å². The molecule has 188 valence electrons. The van der Waals surface area contributed by atoms with Crippen LogP contribution in [0.15, 0.2) is 0 Å². The molecule has 0 aromatic rings. The van der Waals surface area contributed by atoms with Crippen LogP contribution in [0.3, 0.4) is 0 Å². The first-order valence-corrected chi connectivity index (χ1v) is 14.4. The van der Waals surface area contributed by atoms with E-state index in [0.29, 0.717) is 12.8 Å². The highest BCUT2D eigenvalue weighted by Crippen LogP contribution is 2.31. The molecule has 6 nitrogen and oxygen atoms in total. The lowest BCUT2D eigenvalue weighted by atomic mass is 10.0. The number of hydrogen-bond donors (Lipinski definition) is 0. The van der Waals surface area contributed by atoms with Crippen molar-refractivity contribution in [3.63, 3.8) is 0 Å². The van der Waals surface area contributed by atoms with E-state index in [1.165, 1.54) is 44.9 Å². The second kappa shape index (κ2) is 17.1. The number of rotatable bonds is 19. The smallest absolute Gasteiger partial charge is 0.343 e. The molecule has 32 heavy (non-hydrogen) atoms. The van der Waals surface area contributed by atoms with Crippen molar-refractivity contribution in [2.24, 2.45) is 0 Å². The molecule has 1 heterocycles. The highest BCUT2D eigenvalue weighted by atomic mass is 32.2. The molecule has 1 aliphatic heterocycles. The van der Waals surface area contributed by atoms with Gasteiger partial charge in [-0.1, -0.05) is 52.4 Å². The maximum Gasteiger partial charge on any atom is 0.343 e. The largest absolute Gasteiger partial charge is 0.462 e. The second-order valence-electron chi connectivity index (χ2n) is 9.02. The predicted octanol–water partition coefficient (Wildman–Crippen LogP) is 6.30. The maximum absolute atomic E-state index is 12.5. The van der Waals surface area contributed by atoms with Crippen LogP contribution < -0.4 is 0 Å². The molecule has 0 aliphatic carbocycles. The number of carbonyl (C=O) groups excluding carboxylic acids is 2. The minimum absolute atomic E-state index is 0.198. The third-order valence-corrected chi connectivity index (χ3v) is 7.34. The fourth-order valence-corrected chi connectivity index (χ4v) is 5.39. The molecule has 8 heteroatoms. The van der Waals surface area contributed by atoms with Gasteiger partial charge >= 0.3 is 11.9 Å². The van der Waals surface area contributed by atoms with Crippen LogP contribution in [0.1, 0.15) is 98.8 Å². The molecule has 1 saturated heterocycles. The summed E-state index contributed by atoms with van der Waals surface area (Å²) in [7, 11) is 0. The Labute approximate surface area is 203 Å². The van der Waals surface area contributed by atoms with Gasteiger partial charge in [-0.15, -0.1) is 11.8 Å². The van der Waals surface area contributed by atoms with Gasteiger partial charge in [0.2, 0.25) is 6.10 Å². The molecule has 3 atom stereocenters. The fourth-order valence-electron chi connectivity index (χ4n) is 3.43. The van der Waals surface area contributed by atoms with E-state index in [9.17, 15) is 9.59 Å². The van der Waals surface area contributed by atoms with Gasteiger partial charge in [-0.2, -0.15) is 11.8 Å². The average Bonchev–Trinajstić information content (AvgIpc) is 2.67. The molecule has 0 radical (unpaired) electrons. The summed E-state index contributed by atoms with van der Waals surface area (Å²) in [5.74, 6) is 2.19. The second-order valence-corrected chi connectivity index (χ2v) is 11.5. The van der Waals surface area contributed by atoms with Gasteiger partial charge in [-0.05, 0) is 45.1 Å². The quantitative estimate of drug-likeness (QED) is 0.118. The molecule has 0 saturated carbocycles. The molecule has 0 aromatic heterocycles. The van der Waals surface area contributed by atoms with E-state index in [1.54, 1.807) is 23.5 Å². The first-order chi connectivity index (χ1) is 15.3. The number of carbonyl (C=O) groups is 2. The normalized spacial score (nSPS) is 19.3. The Hall–Kier alpha value is -0.440. The summed E-state index contributed by atoms with van der Waals surface area (Å²) in [5.41, 5.74) is -1.07. The zero-order chi connectivity index (χ0) is 23.8. The highest BCUT2D eigenvalue weighted by molar-refractivity contribution is 7.99. The summed E-state index contributed by atoms with van der Waals surface area (Å²) in [6.45, 7) is 9.88. The molecule has 3 unspecified atom stereocenters. The topological polar surface area (TPSA) is 71.1 Å². The van der Waals surface area contributed by atoms with Gasteiger partial charge < -0.3 is 9.47 Å². The Kier molecular flexibility index (Phi) is 15.8. The van der Waals surface area contributed by atoms with Gasteiger partial charge in [-0.25, -0.2) is 14.6 Å². The van der Waals surface area contributed by atoms with Crippen LogP contribution in [0.2, 0.25) is 0 Å². The van der Waals surface area contributed by atoms with Crippen LogP contribution in [0.4, 0.5) is 0 Å². The zero-order valence-corrected chi connectivity index (χ0v) is 22.3. The Balaban J connectivity index is 2.22. The fraction of sp³-hybridized carbons (Fsp3) is 0.917. The van der Waals surface area contributed by atoms with Crippen molar-refractivity contribution in [2.45, 2.75) is 122 Å². The summed E-state index contributed by atoms with van der Waals surface area (Å²) in [6, 6.07) is 0. The molecule has 0 amide bonds. The van der Waals surface area contributed by atoms with E-state index in [0.717, 1.165) is 23.7 Å². The van der Waals surface area contributed by atoms with Gasteiger partial charge in [0, 0.05) is 12.2 Å². The number of thioether (sulfide) groups is 2. The van der Waals surface area contributed by atoms with Crippen molar-refractivity contribution in [3.8, 4) is 0 Å². The monoisotopic (exact) mass is 492 g/mol. The van der Waals surface area contributed by atoms with E-state index in [4.69, 9.17) is 19.2 Å². The molecule has 0 N–H and O–H groups in total. The van der Waals surface area contributed by atoms with E-state index in [2.05, 4.69) is 13.8 Å². The lowest BCUT2D eigenvalue weighted by molar-refractivity contribution is -0.429. The van der Waals surface area contributed by atoms with Gasteiger partial charge in [0.1, 0.15) is 11.7 Å². The Bertz CT molecular complexity index is 529. The maximum atomic E-state index is 12.5. The Morgan fingerprint density at radius 3 is 2.19 bits per heavy atom. The van der Waals surface area contributed by atoms with Crippen LogP contribution in [0, 0.1) is 0 Å². The number of esters is 2. The van der Waals surface area contributed by atoms with Gasteiger partial charge in [0.15, 0.2) is 5.44 Å². The number of ether oxygens (including phenoxy) is 2. The Morgan fingerprint density at radius 1 is 0.938 bits per heavy atom. The first kappa shape index (κ1) is 29.6. The molecular weight excluding hydrogens is 448 g/mol.